The topological polar surface area (TPSA) is 71.7 Å². The second-order valence-corrected chi connectivity index (χ2v) is 14.6. The molecule has 0 unspecified atom stereocenters. The van der Waals surface area contributed by atoms with Gasteiger partial charge in [-0.2, -0.15) is 5.26 Å². The highest BCUT2D eigenvalue weighted by molar-refractivity contribution is 7.34. The van der Waals surface area contributed by atoms with E-state index in [9.17, 15) is 10.4 Å². The zero-order valence-electron chi connectivity index (χ0n) is 24.3. The Morgan fingerprint density at radius 2 is 1.63 bits per heavy atom. The first-order chi connectivity index (χ1) is 17.6. The number of aliphatic hydroxyl groups is 1. The van der Waals surface area contributed by atoms with Gasteiger partial charge < -0.3 is 19.1 Å². The lowest BCUT2D eigenvalue weighted by Gasteiger charge is -2.37. The Morgan fingerprint density at radius 3 is 2.21 bits per heavy atom. The van der Waals surface area contributed by atoms with Crippen LogP contribution in [0.2, 0.25) is 0 Å². The van der Waals surface area contributed by atoms with Gasteiger partial charge in [-0.25, -0.2) is 0 Å². The third-order valence-corrected chi connectivity index (χ3v) is 10.8. The maximum Gasteiger partial charge on any atom is 0.505 e. The molecule has 1 saturated heterocycles. The summed E-state index contributed by atoms with van der Waals surface area (Å²) in [5.41, 5.74) is -0.751. The number of fused-ring (bicyclic) bond motifs is 3. The number of nitrogens with zero attached hydrogens (tertiary/aromatic N) is 1. The minimum atomic E-state index is -1.00. The maximum atomic E-state index is 10.5. The summed E-state index contributed by atoms with van der Waals surface area (Å²) < 4.78 is 23.0. The van der Waals surface area contributed by atoms with Crippen LogP contribution in [0.15, 0.2) is 12.1 Å². The maximum absolute atomic E-state index is 10.5. The van der Waals surface area contributed by atoms with Gasteiger partial charge in [0.2, 0.25) is 0 Å². The standard InChI is InChI=1S/C29H40B2NO4S2/c1-10-11-12-13-14-18-19-15-22(30-34-27(4,5)26(2,3)33)37-24(19)25-20(21(18)17-32)16-23(38-25)31-35-28(6,7)29(8,9)36-31/h15-16,33H,10-14H2,1-9H3. The van der Waals surface area contributed by atoms with Crippen LogP contribution in [0, 0.1) is 11.3 Å². The molecule has 1 aliphatic heterocycles. The van der Waals surface area contributed by atoms with Crippen molar-refractivity contribution in [1.82, 2.24) is 0 Å². The molecule has 0 amide bonds. The Bertz CT molecular complexity index is 1350. The molecule has 0 spiro atoms. The molecule has 1 fully saturated rings. The largest absolute Gasteiger partial charge is 0.505 e. The van der Waals surface area contributed by atoms with Gasteiger partial charge in [0.15, 0.2) is 0 Å². The Labute approximate surface area is 236 Å². The molecular weight excluding hydrogens is 512 g/mol. The summed E-state index contributed by atoms with van der Waals surface area (Å²) in [5.74, 6) is 0. The Balaban J connectivity index is 1.81. The Hall–Kier alpha value is -1.40. The molecule has 1 aliphatic rings. The number of aryl methyl sites for hydroxylation is 1. The molecule has 9 heteroatoms. The predicted molar refractivity (Wildman–Crippen MR) is 162 cm³/mol. The van der Waals surface area contributed by atoms with Gasteiger partial charge in [0.05, 0.1) is 37.4 Å². The smallest absolute Gasteiger partial charge is 0.426 e. The minimum Gasteiger partial charge on any atom is -0.426 e. The van der Waals surface area contributed by atoms with E-state index in [2.05, 4.69) is 52.8 Å². The van der Waals surface area contributed by atoms with Gasteiger partial charge in [0.1, 0.15) is 6.07 Å². The van der Waals surface area contributed by atoms with Crippen molar-refractivity contribution < 1.29 is 19.1 Å². The van der Waals surface area contributed by atoms with Crippen molar-refractivity contribution in [3.05, 3.63) is 23.3 Å². The number of thiophene rings is 2. The molecular formula is C29H40B2NO4S2. The van der Waals surface area contributed by atoms with E-state index < -0.39 is 29.5 Å². The van der Waals surface area contributed by atoms with Crippen molar-refractivity contribution in [3.8, 4) is 6.07 Å². The predicted octanol–water partition coefficient (Wildman–Crippen LogP) is 6.22. The average Bonchev–Trinajstić information content (AvgIpc) is 3.48. The van der Waals surface area contributed by atoms with Crippen molar-refractivity contribution >= 4 is 67.0 Å². The lowest BCUT2D eigenvalue weighted by Crippen LogP contribution is -2.49. The van der Waals surface area contributed by atoms with Crippen molar-refractivity contribution in [2.24, 2.45) is 0 Å². The molecule has 0 saturated carbocycles. The summed E-state index contributed by atoms with van der Waals surface area (Å²) in [6.45, 7) is 17.7. The molecule has 5 nitrogen and oxygen atoms in total. The van der Waals surface area contributed by atoms with Crippen LogP contribution in [0.4, 0.5) is 0 Å². The number of unbranched alkanes of at least 4 members (excludes halogenated alkanes) is 3. The fourth-order valence-electron chi connectivity index (χ4n) is 4.46. The molecule has 1 radical (unpaired) electrons. The van der Waals surface area contributed by atoms with Gasteiger partial charge in [-0.1, -0.05) is 26.2 Å². The van der Waals surface area contributed by atoms with E-state index in [0.29, 0.717) is 0 Å². The van der Waals surface area contributed by atoms with Crippen LogP contribution >= 0.6 is 22.7 Å². The SMILES string of the molecule is CCCCCCc1c(C#N)c2cc(B3OC(C)(C)C(C)(C)O3)sc2c2sc([B]OC(C)(C)C(C)(C)O)cc12. The summed E-state index contributed by atoms with van der Waals surface area (Å²) in [4.78, 5) is 0. The summed E-state index contributed by atoms with van der Waals surface area (Å²) in [6.07, 6.45) is 5.43. The summed E-state index contributed by atoms with van der Waals surface area (Å²) in [5, 5.41) is 23.0. The van der Waals surface area contributed by atoms with E-state index in [1.54, 1.807) is 44.0 Å². The molecule has 3 heterocycles. The van der Waals surface area contributed by atoms with E-state index in [1.165, 1.54) is 12.8 Å². The lowest BCUT2D eigenvalue weighted by molar-refractivity contribution is -0.0892. The van der Waals surface area contributed by atoms with Crippen LogP contribution in [0.25, 0.3) is 20.2 Å². The van der Waals surface area contributed by atoms with Gasteiger partial charge >= 0.3 is 14.6 Å². The van der Waals surface area contributed by atoms with E-state index in [4.69, 9.17) is 14.0 Å². The molecule has 1 N–H and O–H groups in total. The van der Waals surface area contributed by atoms with Crippen LogP contribution in [0.5, 0.6) is 0 Å². The first kappa shape index (κ1) is 29.6. The molecule has 0 atom stereocenters. The molecule has 2 aromatic heterocycles. The number of hydrogen-bond acceptors (Lipinski definition) is 7. The van der Waals surface area contributed by atoms with Crippen LogP contribution in [-0.2, 0) is 20.4 Å². The fraction of sp³-hybridized carbons (Fsp3) is 0.621. The Morgan fingerprint density at radius 1 is 1.00 bits per heavy atom. The van der Waals surface area contributed by atoms with Crippen molar-refractivity contribution in [3.63, 3.8) is 0 Å². The first-order valence-electron chi connectivity index (χ1n) is 13.6. The highest BCUT2D eigenvalue weighted by Gasteiger charge is 2.52. The Kier molecular flexibility index (Phi) is 8.20. The summed E-state index contributed by atoms with van der Waals surface area (Å²) >= 11 is 3.32. The zero-order chi connectivity index (χ0) is 28.1. The zero-order valence-corrected chi connectivity index (χ0v) is 25.9. The van der Waals surface area contributed by atoms with Crippen molar-refractivity contribution in [1.29, 1.82) is 5.26 Å². The van der Waals surface area contributed by atoms with Gasteiger partial charge in [-0.15, -0.1) is 22.7 Å². The number of hydrogen-bond donors (Lipinski definition) is 1. The van der Waals surface area contributed by atoms with Crippen LogP contribution < -0.4 is 9.55 Å². The van der Waals surface area contributed by atoms with Crippen LogP contribution in [0.1, 0.15) is 99.1 Å². The van der Waals surface area contributed by atoms with E-state index >= 15 is 0 Å². The summed E-state index contributed by atoms with van der Waals surface area (Å²) in [7, 11) is 1.29. The third-order valence-electron chi connectivity index (χ3n) is 8.43. The van der Waals surface area contributed by atoms with Gasteiger partial charge in [0.25, 0.3) is 0 Å². The van der Waals surface area contributed by atoms with Gasteiger partial charge in [0, 0.05) is 14.9 Å². The van der Waals surface area contributed by atoms with E-state index in [1.807, 2.05) is 13.8 Å². The molecule has 3 aromatic rings. The van der Waals surface area contributed by atoms with Crippen molar-refractivity contribution in [2.75, 3.05) is 0 Å². The molecule has 4 rings (SSSR count). The second-order valence-electron chi connectivity index (χ2n) is 12.5. The van der Waals surface area contributed by atoms with Gasteiger partial charge in [-0.05, 0) is 91.3 Å². The second kappa shape index (κ2) is 10.5. The highest BCUT2D eigenvalue weighted by atomic mass is 32.1. The first-order valence-corrected chi connectivity index (χ1v) is 15.3. The fourth-order valence-corrected chi connectivity index (χ4v) is 6.80. The average molecular weight is 552 g/mol. The summed E-state index contributed by atoms with van der Waals surface area (Å²) in [6, 6.07) is 6.80. The highest BCUT2D eigenvalue weighted by Crippen LogP contribution is 2.41. The van der Waals surface area contributed by atoms with Crippen LogP contribution in [-0.4, -0.2) is 42.1 Å². The van der Waals surface area contributed by atoms with Crippen LogP contribution in [0.3, 0.4) is 0 Å². The van der Waals surface area contributed by atoms with Gasteiger partial charge in [-0.3, -0.25) is 0 Å². The lowest BCUT2D eigenvalue weighted by atomic mass is 9.85. The third kappa shape index (κ3) is 5.46. The number of benzene rings is 1. The minimum absolute atomic E-state index is 0.429. The molecule has 0 aliphatic carbocycles. The monoisotopic (exact) mass is 552 g/mol. The molecule has 38 heavy (non-hydrogen) atoms. The van der Waals surface area contributed by atoms with E-state index in [-0.39, 0.29) is 0 Å². The number of rotatable bonds is 10. The molecule has 203 valence electrons. The normalized spacial score (nSPS) is 17.4. The quantitative estimate of drug-likeness (QED) is 0.239. The molecule has 1 aromatic carbocycles. The molecule has 0 bridgehead atoms. The van der Waals surface area contributed by atoms with E-state index in [0.717, 1.165) is 60.1 Å². The van der Waals surface area contributed by atoms with Crippen molar-refractivity contribution in [2.45, 2.75) is 117 Å². The number of nitriles is 1.